The molecular weight excluding hydrogens is 888 g/mol. The summed E-state index contributed by atoms with van der Waals surface area (Å²) < 4.78 is 9.81. The summed E-state index contributed by atoms with van der Waals surface area (Å²) in [5, 5.41) is 11.1. The number of benzene rings is 4. The number of hydrogen-bond donors (Lipinski definition) is 2. The summed E-state index contributed by atoms with van der Waals surface area (Å²) in [5.41, 5.74) is 9.42. The third-order valence-electron chi connectivity index (χ3n) is 11.7. The van der Waals surface area contributed by atoms with E-state index in [-0.39, 0.29) is 53.5 Å². The number of halogens is 4. The highest BCUT2D eigenvalue weighted by molar-refractivity contribution is 6.42. The number of hydrogen-bond acceptors (Lipinski definition) is 6. The molecule has 0 atom stereocenters. The average molecular weight is 942 g/mol. The van der Waals surface area contributed by atoms with E-state index in [0.29, 0.717) is 45.8 Å². The monoisotopic (exact) mass is 939 g/mol. The minimum absolute atomic E-state index is 0. The number of carbonyl (C=O) groups excluding carboxylic acids is 2. The number of alkyl halides is 1. The Labute approximate surface area is 397 Å². The fraction of sp³-hybridized carbons (Fsp3) is 0.300. The maximum Gasteiger partial charge on any atom is 0.336 e. The molecular formula is C50H53Cl4N7O3. The minimum Gasteiger partial charge on any atom is -1.00 e. The van der Waals surface area contributed by atoms with E-state index in [4.69, 9.17) is 39.5 Å². The van der Waals surface area contributed by atoms with Crippen LogP contribution in [0.2, 0.25) is 10.0 Å². The molecule has 2 aliphatic heterocycles. The topological polar surface area (TPSA) is 104 Å². The molecule has 2 amide bonds. The van der Waals surface area contributed by atoms with Gasteiger partial charge in [-0.15, -0.1) is 16.7 Å². The Kier molecular flexibility index (Phi) is 15.8. The van der Waals surface area contributed by atoms with Gasteiger partial charge >= 0.3 is 6.01 Å². The van der Waals surface area contributed by atoms with Crippen molar-refractivity contribution in [1.82, 2.24) is 20.1 Å². The summed E-state index contributed by atoms with van der Waals surface area (Å²) in [7, 11) is 2.14. The second-order valence-electron chi connectivity index (χ2n) is 16.7. The van der Waals surface area contributed by atoms with Crippen LogP contribution in [-0.4, -0.2) is 69.5 Å². The standard InChI is InChI=1S/C50H52Cl3N7O3.ClH/c1-49(2)37-16-11-13-18-41(37)58(5)43(49)20-8-6-9-21-44-50(3,4)38-17-12-14-19-42(38)59(44)30-15-7-10-22-45(61)54-29-31-63-48-56-47(34-23-28-39(52)40(53)32-34)60(57-48)36-26-24-35(25-27-36)55-46(62)33-51;/h6,8-9,11-14,16-21,23-28,32H,7,10,15,22,29-31,33H2,1-5H3,(H-,54,55,61,62);1H. The largest absolute Gasteiger partial charge is 1.00 e. The Morgan fingerprint density at radius 2 is 1.56 bits per heavy atom. The Morgan fingerprint density at radius 3 is 2.30 bits per heavy atom. The molecule has 3 heterocycles. The molecule has 0 radical (unpaired) electrons. The van der Waals surface area contributed by atoms with Crippen LogP contribution in [0.3, 0.4) is 0 Å². The van der Waals surface area contributed by atoms with Gasteiger partial charge in [0.05, 0.1) is 27.7 Å². The summed E-state index contributed by atoms with van der Waals surface area (Å²) in [5.74, 6) is -0.0152. The number of nitrogens with zero attached hydrogens (tertiary/aromatic N) is 5. The van der Waals surface area contributed by atoms with Crippen LogP contribution in [0.5, 0.6) is 6.01 Å². The number of ether oxygens (including phenoxy) is 1. The molecule has 10 nitrogen and oxygen atoms in total. The van der Waals surface area contributed by atoms with Gasteiger partial charge in [0, 0.05) is 58.7 Å². The maximum absolute atomic E-state index is 12.8. The van der Waals surface area contributed by atoms with Gasteiger partial charge in [0.15, 0.2) is 11.5 Å². The number of unbranched alkanes of at least 4 members (excludes halogenated alkanes) is 2. The van der Waals surface area contributed by atoms with Crippen LogP contribution in [0.15, 0.2) is 127 Å². The molecule has 0 fully saturated rings. The summed E-state index contributed by atoms with van der Waals surface area (Å²) >= 11 is 18.2. The molecule has 14 heteroatoms. The van der Waals surface area contributed by atoms with E-state index >= 15 is 0 Å². The average Bonchev–Trinajstić information content (AvgIpc) is 3.86. The molecule has 0 saturated carbocycles. The van der Waals surface area contributed by atoms with Crippen molar-refractivity contribution in [3.63, 3.8) is 0 Å². The van der Waals surface area contributed by atoms with E-state index in [0.717, 1.165) is 25.8 Å². The van der Waals surface area contributed by atoms with E-state index in [9.17, 15) is 9.59 Å². The zero-order valence-corrected chi connectivity index (χ0v) is 39.7. The minimum atomic E-state index is -0.309. The van der Waals surface area contributed by atoms with Gasteiger partial charge in [-0.2, -0.15) is 9.56 Å². The first-order chi connectivity index (χ1) is 30.3. The Balaban J connectivity index is 0.00000680. The van der Waals surface area contributed by atoms with E-state index in [1.807, 2.05) is 0 Å². The number of nitrogens with one attached hydrogen (secondary N) is 2. The predicted octanol–water partition coefficient (Wildman–Crippen LogP) is 7.98. The number of allylic oxidation sites excluding steroid dienone is 6. The number of amides is 2. The third-order valence-corrected chi connectivity index (χ3v) is 12.7. The zero-order chi connectivity index (χ0) is 44.7. The predicted molar refractivity (Wildman–Crippen MR) is 257 cm³/mol. The van der Waals surface area contributed by atoms with Gasteiger partial charge in [-0.25, -0.2) is 4.68 Å². The second-order valence-corrected chi connectivity index (χ2v) is 17.8. The van der Waals surface area contributed by atoms with Crippen LogP contribution in [0, 0.1) is 0 Å². The van der Waals surface area contributed by atoms with Crippen molar-refractivity contribution in [3.8, 4) is 23.1 Å². The van der Waals surface area contributed by atoms with E-state index < -0.39 is 0 Å². The lowest BCUT2D eigenvalue weighted by Gasteiger charge is -2.27. The SMILES string of the molecule is C[N+]1=C(/C=C/C=C/C=C2/N(CCCCCC(=O)NCCOc3nc(-c4ccc(Cl)c(Cl)c4)n(-c4ccc(NC(=O)CCl)cc4)n3)c3ccccc3C2(C)C)C(C)(C)c2ccccc21.[Cl-]. The van der Waals surface area contributed by atoms with Gasteiger partial charge in [0.25, 0.3) is 0 Å². The molecule has 0 saturated heterocycles. The molecule has 2 aliphatic rings. The molecule has 1 aromatic heterocycles. The summed E-state index contributed by atoms with van der Waals surface area (Å²) in [6.45, 7) is 10.5. The molecule has 0 bridgehead atoms. The van der Waals surface area contributed by atoms with Gasteiger partial charge in [-0.05, 0) is 86.9 Å². The van der Waals surface area contributed by atoms with E-state index in [1.165, 1.54) is 33.9 Å². The number of rotatable bonds is 17. The first kappa shape index (κ1) is 48.1. The lowest BCUT2D eigenvalue weighted by molar-refractivity contribution is -0.401. The van der Waals surface area contributed by atoms with Crippen molar-refractivity contribution < 1.29 is 31.3 Å². The fourth-order valence-electron chi connectivity index (χ4n) is 8.43. The highest BCUT2D eigenvalue weighted by Crippen LogP contribution is 2.47. The van der Waals surface area contributed by atoms with Crippen molar-refractivity contribution >= 4 is 69.4 Å². The van der Waals surface area contributed by atoms with Crippen LogP contribution in [0.1, 0.15) is 64.5 Å². The molecule has 0 unspecified atom stereocenters. The quantitative estimate of drug-likeness (QED) is 0.0425. The summed E-state index contributed by atoms with van der Waals surface area (Å²) in [4.78, 5) is 31.7. The van der Waals surface area contributed by atoms with Crippen molar-refractivity contribution in [1.29, 1.82) is 0 Å². The van der Waals surface area contributed by atoms with E-state index in [2.05, 4.69) is 144 Å². The molecule has 2 N–H and O–H groups in total. The summed E-state index contributed by atoms with van der Waals surface area (Å²) in [6.07, 6.45) is 14.0. The van der Waals surface area contributed by atoms with E-state index in [1.54, 1.807) is 47.1 Å². The van der Waals surface area contributed by atoms with Gasteiger partial charge in [0.1, 0.15) is 19.5 Å². The molecule has 0 aliphatic carbocycles. The maximum atomic E-state index is 12.8. The van der Waals surface area contributed by atoms with Crippen molar-refractivity contribution in [2.75, 3.05) is 42.8 Å². The van der Waals surface area contributed by atoms with Gasteiger partial charge in [-0.1, -0.05) is 98.1 Å². The Morgan fingerprint density at radius 1 is 0.828 bits per heavy atom. The highest BCUT2D eigenvalue weighted by atomic mass is 35.5. The smallest absolute Gasteiger partial charge is 0.336 e. The molecule has 5 aromatic rings. The number of aromatic nitrogens is 3. The Hall–Kier alpha value is -5.39. The van der Waals surface area contributed by atoms with Crippen LogP contribution in [0.25, 0.3) is 17.1 Å². The third kappa shape index (κ3) is 10.6. The number of anilines is 2. The zero-order valence-electron chi connectivity index (χ0n) is 36.7. The van der Waals surface area contributed by atoms with Crippen LogP contribution in [-0.2, 0) is 20.4 Å². The molecule has 4 aromatic carbocycles. The number of carbonyl (C=O) groups is 2. The first-order valence-electron chi connectivity index (χ1n) is 21.2. The fourth-order valence-corrected chi connectivity index (χ4v) is 8.80. The summed E-state index contributed by atoms with van der Waals surface area (Å²) in [6, 6.07) is 29.7. The Bertz CT molecular complexity index is 2610. The molecule has 334 valence electrons. The number of para-hydroxylation sites is 2. The molecule has 0 spiro atoms. The first-order valence-corrected chi connectivity index (χ1v) is 22.5. The van der Waals surface area contributed by atoms with Crippen molar-refractivity contribution in [2.45, 2.75) is 64.2 Å². The van der Waals surface area contributed by atoms with Crippen LogP contribution in [0.4, 0.5) is 17.1 Å². The van der Waals surface area contributed by atoms with Crippen LogP contribution >= 0.6 is 34.8 Å². The number of fused-ring (bicyclic) bond motifs is 2. The molecule has 64 heavy (non-hydrogen) atoms. The van der Waals surface area contributed by atoms with Crippen molar-refractivity contribution in [3.05, 3.63) is 148 Å². The lowest BCUT2D eigenvalue weighted by atomic mass is 9.81. The van der Waals surface area contributed by atoms with Gasteiger partial charge in [0.2, 0.25) is 17.5 Å². The van der Waals surface area contributed by atoms with Crippen LogP contribution < -0.4 is 32.7 Å². The second kappa shape index (κ2) is 21.1. The highest BCUT2D eigenvalue weighted by Gasteiger charge is 2.42. The van der Waals surface area contributed by atoms with Crippen molar-refractivity contribution in [2.24, 2.45) is 0 Å². The normalized spacial score (nSPS) is 15.4. The van der Waals surface area contributed by atoms with Gasteiger partial charge in [-0.3, -0.25) is 9.59 Å². The van der Waals surface area contributed by atoms with Gasteiger partial charge < -0.3 is 32.7 Å². The lowest BCUT2D eigenvalue weighted by Crippen LogP contribution is -3.00. The molecule has 7 rings (SSSR count).